The SMILES string of the molecule is COc1ccc(CCOc2ccc([C@@H](C)N)cc2Cl)cc1. The Morgan fingerprint density at radius 3 is 2.43 bits per heavy atom. The lowest BCUT2D eigenvalue weighted by molar-refractivity contribution is 0.322. The first-order valence-corrected chi connectivity index (χ1v) is 7.28. The van der Waals surface area contributed by atoms with E-state index in [2.05, 4.69) is 0 Å². The Bertz CT molecular complexity index is 582. The highest BCUT2D eigenvalue weighted by molar-refractivity contribution is 6.32. The van der Waals surface area contributed by atoms with Crippen LogP contribution in [0.1, 0.15) is 24.1 Å². The first-order valence-electron chi connectivity index (χ1n) is 6.91. The second-order valence-electron chi connectivity index (χ2n) is 4.93. The Hall–Kier alpha value is -1.71. The van der Waals surface area contributed by atoms with E-state index in [0.717, 1.165) is 17.7 Å². The molecule has 4 heteroatoms. The fourth-order valence-electron chi connectivity index (χ4n) is 1.99. The van der Waals surface area contributed by atoms with Gasteiger partial charge in [0.1, 0.15) is 11.5 Å². The molecule has 0 fully saturated rings. The van der Waals surface area contributed by atoms with Crippen LogP contribution in [-0.2, 0) is 6.42 Å². The number of nitrogens with two attached hydrogens (primary N) is 1. The number of benzene rings is 2. The summed E-state index contributed by atoms with van der Waals surface area (Å²) in [6, 6.07) is 13.6. The minimum absolute atomic E-state index is 0.0316. The summed E-state index contributed by atoms with van der Waals surface area (Å²) in [6.45, 7) is 2.50. The summed E-state index contributed by atoms with van der Waals surface area (Å²) in [4.78, 5) is 0. The summed E-state index contributed by atoms with van der Waals surface area (Å²) in [5.74, 6) is 1.55. The smallest absolute Gasteiger partial charge is 0.137 e. The highest BCUT2D eigenvalue weighted by Gasteiger charge is 2.06. The molecule has 0 aromatic heterocycles. The van der Waals surface area contributed by atoms with E-state index in [0.29, 0.717) is 17.4 Å². The van der Waals surface area contributed by atoms with Gasteiger partial charge in [-0.05, 0) is 42.3 Å². The van der Waals surface area contributed by atoms with Gasteiger partial charge in [-0.3, -0.25) is 0 Å². The van der Waals surface area contributed by atoms with Gasteiger partial charge >= 0.3 is 0 Å². The fraction of sp³-hybridized carbons (Fsp3) is 0.294. The van der Waals surface area contributed by atoms with Gasteiger partial charge in [0, 0.05) is 12.5 Å². The fourth-order valence-corrected chi connectivity index (χ4v) is 2.23. The molecule has 2 rings (SSSR count). The number of methoxy groups -OCH3 is 1. The third-order valence-corrected chi connectivity index (χ3v) is 3.58. The van der Waals surface area contributed by atoms with E-state index in [-0.39, 0.29) is 6.04 Å². The topological polar surface area (TPSA) is 44.5 Å². The van der Waals surface area contributed by atoms with Crippen LogP contribution >= 0.6 is 11.6 Å². The van der Waals surface area contributed by atoms with E-state index in [4.69, 9.17) is 26.8 Å². The molecule has 0 aliphatic heterocycles. The predicted octanol–water partition coefficient (Wildman–Crippen LogP) is 3.99. The van der Waals surface area contributed by atoms with Gasteiger partial charge in [-0.1, -0.05) is 29.8 Å². The highest BCUT2D eigenvalue weighted by atomic mass is 35.5. The summed E-state index contributed by atoms with van der Waals surface area (Å²) >= 11 is 6.20. The monoisotopic (exact) mass is 305 g/mol. The Labute approximate surface area is 130 Å². The molecule has 2 aromatic carbocycles. The second kappa shape index (κ2) is 7.34. The molecule has 0 aliphatic carbocycles. The van der Waals surface area contributed by atoms with Crippen LogP contribution < -0.4 is 15.2 Å². The van der Waals surface area contributed by atoms with E-state index in [1.54, 1.807) is 7.11 Å². The first-order chi connectivity index (χ1) is 10.1. The number of ether oxygens (including phenoxy) is 2. The zero-order valence-corrected chi connectivity index (χ0v) is 13.1. The van der Waals surface area contributed by atoms with Gasteiger partial charge in [-0.15, -0.1) is 0 Å². The molecule has 1 atom stereocenters. The lowest BCUT2D eigenvalue weighted by Crippen LogP contribution is -2.06. The van der Waals surface area contributed by atoms with Gasteiger partial charge in [0.25, 0.3) is 0 Å². The maximum Gasteiger partial charge on any atom is 0.137 e. The molecule has 0 saturated carbocycles. The zero-order chi connectivity index (χ0) is 15.2. The first kappa shape index (κ1) is 15.7. The molecule has 0 saturated heterocycles. The summed E-state index contributed by atoms with van der Waals surface area (Å²) < 4.78 is 10.9. The van der Waals surface area contributed by atoms with Crippen molar-refractivity contribution in [2.45, 2.75) is 19.4 Å². The standard InChI is InChI=1S/C17H20ClNO2/c1-12(19)14-5-8-17(16(18)11-14)21-10-9-13-3-6-15(20-2)7-4-13/h3-8,11-12H,9-10,19H2,1-2H3/t12-/m1/s1. The lowest BCUT2D eigenvalue weighted by Gasteiger charge is -2.11. The van der Waals surface area contributed by atoms with E-state index < -0.39 is 0 Å². The van der Waals surface area contributed by atoms with Gasteiger partial charge in [-0.2, -0.15) is 0 Å². The van der Waals surface area contributed by atoms with Gasteiger partial charge in [0.05, 0.1) is 18.7 Å². The Morgan fingerprint density at radius 1 is 1.14 bits per heavy atom. The molecular formula is C17H20ClNO2. The minimum Gasteiger partial charge on any atom is -0.497 e. The molecule has 0 bridgehead atoms. The van der Waals surface area contributed by atoms with E-state index >= 15 is 0 Å². The van der Waals surface area contributed by atoms with E-state index in [1.807, 2.05) is 49.4 Å². The van der Waals surface area contributed by atoms with E-state index in [1.165, 1.54) is 5.56 Å². The number of rotatable bonds is 6. The van der Waals surface area contributed by atoms with Gasteiger partial charge < -0.3 is 15.2 Å². The van der Waals surface area contributed by atoms with Crippen LogP contribution in [0.4, 0.5) is 0 Å². The largest absolute Gasteiger partial charge is 0.497 e. The van der Waals surface area contributed by atoms with Crippen molar-refractivity contribution in [3.05, 3.63) is 58.6 Å². The third kappa shape index (κ3) is 4.38. The van der Waals surface area contributed by atoms with Crippen molar-refractivity contribution in [3.8, 4) is 11.5 Å². The van der Waals surface area contributed by atoms with Crippen LogP contribution in [0, 0.1) is 0 Å². The molecule has 112 valence electrons. The van der Waals surface area contributed by atoms with Crippen molar-refractivity contribution in [3.63, 3.8) is 0 Å². The Kier molecular flexibility index (Phi) is 5.48. The van der Waals surface area contributed by atoms with Crippen molar-refractivity contribution in [1.82, 2.24) is 0 Å². The third-order valence-electron chi connectivity index (χ3n) is 3.29. The lowest BCUT2D eigenvalue weighted by atomic mass is 10.1. The second-order valence-corrected chi connectivity index (χ2v) is 5.33. The highest BCUT2D eigenvalue weighted by Crippen LogP contribution is 2.27. The summed E-state index contributed by atoms with van der Waals surface area (Å²) in [7, 11) is 1.66. The van der Waals surface area contributed by atoms with Crippen molar-refractivity contribution in [1.29, 1.82) is 0 Å². The molecule has 2 aromatic rings. The molecule has 0 radical (unpaired) electrons. The van der Waals surface area contributed by atoms with Crippen LogP contribution in [0.25, 0.3) is 0 Å². The zero-order valence-electron chi connectivity index (χ0n) is 12.3. The number of hydrogen-bond acceptors (Lipinski definition) is 3. The van der Waals surface area contributed by atoms with Crippen LogP contribution in [0.3, 0.4) is 0 Å². The van der Waals surface area contributed by atoms with Gasteiger partial charge in [0.2, 0.25) is 0 Å². The maximum atomic E-state index is 6.20. The Morgan fingerprint density at radius 2 is 1.86 bits per heavy atom. The van der Waals surface area contributed by atoms with Crippen molar-refractivity contribution >= 4 is 11.6 Å². The summed E-state index contributed by atoms with van der Waals surface area (Å²) in [5, 5.41) is 0.597. The number of halogens is 1. The molecule has 0 heterocycles. The number of hydrogen-bond donors (Lipinski definition) is 1. The predicted molar refractivity (Wildman–Crippen MR) is 86.2 cm³/mol. The van der Waals surface area contributed by atoms with Crippen LogP contribution in [0.5, 0.6) is 11.5 Å². The molecule has 2 N–H and O–H groups in total. The molecule has 0 amide bonds. The molecule has 0 unspecified atom stereocenters. The maximum absolute atomic E-state index is 6.20. The normalized spacial score (nSPS) is 12.0. The van der Waals surface area contributed by atoms with Gasteiger partial charge in [0.15, 0.2) is 0 Å². The van der Waals surface area contributed by atoms with Gasteiger partial charge in [-0.25, -0.2) is 0 Å². The van der Waals surface area contributed by atoms with Crippen molar-refractivity contribution in [2.75, 3.05) is 13.7 Å². The molecular weight excluding hydrogens is 286 g/mol. The summed E-state index contributed by atoms with van der Waals surface area (Å²) in [5.41, 5.74) is 8.02. The van der Waals surface area contributed by atoms with E-state index in [9.17, 15) is 0 Å². The van der Waals surface area contributed by atoms with Crippen molar-refractivity contribution < 1.29 is 9.47 Å². The average Bonchev–Trinajstić information content (AvgIpc) is 2.49. The molecule has 3 nitrogen and oxygen atoms in total. The average molecular weight is 306 g/mol. The van der Waals surface area contributed by atoms with Crippen LogP contribution in [0.15, 0.2) is 42.5 Å². The Balaban J connectivity index is 1.90. The molecule has 21 heavy (non-hydrogen) atoms. The van der Waals surface area contributed by atoms with Crippen LogP contribution in [0.2, 0.25) is 5.02 Å². The molecule has 0 aliphatic rings. The summed E-state index contributed by atoms with van der Waals surface area (Å²) in [6.07, 6.45) is 0.815. The quantitative estimate of drug-likeness (QED) is 0.877. The van der Waals surface area contributed by atoms with Crippen molar-refractivity contribution in [2.24, 2.45) is 5.73 Å². The molecule has 0 spiro atoms. The minimum atomic E-state index is -0.0316. The van der Waals surface area contributed by atoms with Crippen LogP contribution in [-0.4, -0.2) is 13.7 Å².